The van der Waals surface area contributed by atoms with E-state index in [0.29, 0.717) is 10.8 Å². The van der Waals surface area contributed by atoms with Crippen molar-refractivity contribution in [3.63, 3.8) is 0 Å². The number of benzene rings is 1. The molecule has 1 heterocycles. The molecule has 0 fully saturated rings. The molecule has 2 aromatic rings. The average molecular weight is 371 g/mol. The number of carbonyl (C=O) groups excluding carboxylic acids is 1. The SMILES string of the molecule is Cc1nc(SCC(=O)Nc2ccc(OC(F)(F)F)cc2)nc(C)c1C. The van der Waals surface area contributed by atoms with E-state index in [9.17, 15) is 18.0 Å². The average Bonchev–Trinajstić information content (AvgIpc) is 2.51. The molecule has 0 saturated carbocycles. The first-order valence-corrected chi connectivity index (χ1v) is 8.23. The van der Waals surface area contributed by atoms with E-state index in [-0.39, 0.29) is 17.4 Å². The Hall–Kier alpha value is -2.29. The molecule has 0 aliphatic heterocycles. The van der Waals surface area contributed by atoms with Crippen LogP contribution in [-0.2, 0) is 4.79 Å². The molecule has 0 saturated heterocycles. The fraction of sp³-hybridized carbons (Fsp3) is 0.312. The zero-order valence-corrected chi connectivity index (χ0v) is 14.6. The summed E-state index contributed by atoms with van der Waals surface area (Å²) in [5.41, 5.74) is 3.10. The third-order valence-electron chi connectivity index (χ3n) is 3.32. The van der Waals surface area contributed by atoms with Crippen molar-refractivity contribution in [3.8, 4) is 5.75 Å². The van der Waals surface area contributed by atoms with E-state index in [1.54, 1.807) is 0 Å². The maximum absolute atomic E-state index is 12.1. The van der Waals surface area contributed by atoms with Crippen LogP contribution < -0.4 is 10.1 Å². The van der Waals surface area contributed by atoms with Crippen molar-refractivity contribution >= 4 is 23.4 Å². The van der Waals surface area contributed by atoms with Crippen molar-refractivity contribution < 1.29 is 22.7 Å². The third-order valence-corrected chi connectivity index (χ3v) is 4.16. The highest BCUT2D eigenvalue weighted by Gasteiger charge is 2.30. The molecule has 134 valence electrons. The van der Waals surface area contributed by atoms with Crippen LogP contribution in [-0.4, -0.2) is 28.0 Å². The molecule has 0 bridgehead atoms. The third kappa shape index (κ3) is 5.93. The normalized spacial score (nSPS) is 11.3. The molecule has 0 aliphatic rings. The Labute approximate surface area is 147 Å². The second-order valence-corrected chi connectivity index (χ2v) is 6.15. The quantitative estimate of drug-likeness (QED) is 0.635. The number of hydrogen-bond acceptors (Lipinski definition) is 5. The highest BCUT2D eigenvalue weighted by Crippen LogP contribution is 2.24. The number of rotatable bonds is 5. The van der Waals surface area contributed by atoms with Crippen molar-refractivity contribution in [3.05, 3.63) is 41.2 Å². The molecule has 1 aromatic carbocycles. The maximum Gasteiger partial charge on any atom is 0.573 e. The minimum Gasteiger partial charge on any atom is -0.406 e. The second-order valence-electron chi connectivity index (χ2n) is 5.21. The van der Waals surface area contributed by atoms with Crippen molar-refractivity contribution in [1.29, 1.82) is 0 Å². The van der Waals surface area contributed by atoms with Gasteiger partial charge in [-0.3, -0.25) is 4.79 Å². The molecule has 1 N–H and O–H groups in total. The van der Waals surface area contributed by atoms with E-state index < -0.39 is 6.36 Å². The van der Waals surface area contributed by atoms with Crippen LogP contribution in [0.1, 0.15) is 17.0 Å². The Kier molecular flexibility index (Phi) is 5.89. The number of nitrogens with zero attached hydrogens (tertiary/aromatic N) is 2. The number of halogens is 3. The van der Waals surface area contributed by atoms with Gasteiger partial charge in [0, 0.05) is 17.1 Å². The Morgan fingerprint density at radius 1 is 1.12 bits per heavy atom. The minimum atomic E-state index is -4.74. The molecule has 2 rings (SSSR count). The van der Waals surface area contributed by atoms with E-state index in [0.717, 1.165) is 29.1 Å². The molecular formula is C16H16F3N3O2S. The molecule has 25 heavy (non-hydrogen) atoms. The second kappa shape index (κ2) is 7.73. The van der Waals surface area contributed by atoms with Gasteiger partial charge in [0.25, 0.3) is 0 Å². The highest BCUT2D eigenvalue weighted by molar-refractivity contribution is 7.99. The van der Waals surface area contributed by atoms with Crippen molar-refractivity contribution in [2.24, 2.45) is 0 Å². The van der Waals surface area contributed by atoms with Crippen LogP contribution in [0.4, 0.5) is 18.9 Å². The molecule has 0 radical (unpaired) electrons. The largest absolute Gasteiger partial charge is 0.573 e. The van der Waals surface area contributed by atoms with Gasteiger partial charge >= 0.3 is 6.36 Å². The molecule has 0 aliphatic carbocycles. The summed E-state index contributed by atoms with van der Waals surface area (Å²) in [6, 6.07) is 4.93. The first kappa shape index (κ1) is 19.0. The Morgan fingerprint density at radius 3 is 2.20 bits per heavy atom. The Balaban J connectivity index is 1.90. The number of thioether (sulfide) groups is 1. The molecule has 0 atom stereocenters. The van der Waals surface area contributed by atoms with Gasteiger partial charge in [0.15, 0.2) is 5.16 Å². The van der Waals surface area contributed by atoms with Crippen LogP contribution in [0.25, 0.3) is 0 Å². The summed E-state index contributed by atoms with van der Waals surface area (Å²) in [5, 5.41) is 3.10. The van der Waals surface area contributed by atoms with Gasteiger partial charge in [-0.1, -0.05) is 11.8 Å². The summed E-state index contributed by atoms with van der Waals surface area (Å²) < 4.78 is 40.0. The van der Waals surface area contributed by atoms with Gasteiger partial charge in [0.1, 0.15) is 5.75 Å². The van der Waals surface area contributed by atoms with Gasteiger partial charge in [-0.05, 0) is 50.6 Å². The van der Waals surface area contributed by atoms with Crippen LogP contribution in [0.2, 0.25) is 0 Å². The van der Waals surface area contributed by atoms with Gasteiger partial charge in [-0.25, -0.2) is 9.97 Å². The van der Waals surface area contributed by atoms with E-state index in [2.05, 4.69) is 20.0 Å². The smallest absolute Gasteiger partial charge is 0.406 e. The van der Waals surface area contributed by atoms with Crippen molar-refractivity contribution in [1.82, 2.24) is 9.97 Å². The molecule has 0 unspecified atom stereocenters. The van der Waals surface area contributed by atoms with Crippen LogP contribution in [0.5, 0.6) is 5.75 Å². The molecule has 9 heteroatoms. The van der Waals surface area contributed by atoms with E-state index >= 15 is 0 Å². The van der Waals surface area contributed by atoms with Gasteiger partial charge in [0.05, 0.1) is 5.75 Å². The van der Waals surface area contributed by atoms with E-state index in [4.69, 9.17) is 0 Å². The van der Waals surface area contributed by atoms with Crippen LogP contribution in [0.3, 0.4) is 0 Å². The van der Waals surface area contributed by atoms with Crippen molar-refractivity contribution in [2.75, 3.05) is 11.1 Å². The lowest BCUT2D eigenvalue weighted by Crippen LogP contribution is -2.17. The number of nitrogens with one attached hydrogen (secondary N) is 1. The Bertz CT molecular complexity index is 741. The monoisotopic (exact) mass is 371 g/mol. The molecule has 1 aromatic heterocycles. The number of carbonyl (C=O) groups is 1. The topological polar surface area (TPSA) is 64.1 Å². The number of hydrogen-bond donors (Lipinski definition) is 1. The zero-order chi connectivity index (χ0) is 18.6. The van der Waals surface area contributed by atoms with E-state index in [1.165, 1.54) is 23.9 Å². The van der Waals surface area contributed by atoms with Crippen molar-refractivity contribution in [2.45, 2.75) is 32.3 Å². The summed E-state index contributed by atoms with van der Waals surface area (Å²) in [5.74, 6) is -0.573. The fourth-order valence-corrected chi connectivity index (χ4v) is 2.61. The molecule has 5 nitrogen and oxygen atoms in total. The number of ether oxygens (including phenoxy) is 1. The number of aromatic nitrogens is 2. The highest BCUT2D eigenvalue weighted by atomic mass is 32.2. The summed E-state index contributed by atoms with van der Waals surface area (Å²) in [4.78, 5) is 20.6. The number of aryl methyl sites for hydroxylation is 2. The van der Waals surface area contributed by atoms with E-state index in [1.807, 2.05) is 20.8 Å². The predicted octanol–water partition coefficient (Wildman–Crippen LogP) is 4.03. The summed E-state index contributed by atoms with van der Waals surface area (Å²) in [7, 11) is 0. The molecule has 1 amide bonds. The fourth-order valence-electron chi connectivity index (χ4n) is 1.87. The zero-order valence-electron chi connectivity index (χ0n) is 13.8. The van der Waals surface area contributed by atoms with Gasteiger partial charge in [-0.15, -0.1) is 13.2 Å². The summed E-state index contributed by atoms with van der Waals surface area (Å²) in [6.45, 7) is 5.68. The van der Waals surface area contributed by atoms with Crippen LogP contribution >= 0.6 is 11.8 Å². The van der Waals surface area contributed by atoms with Crippen LogP contribution in [0.15, 0.2) is 29.4 Å². The number of anilines is 1. The lowest BCUT2D eigenvalue weighted by atomic mass is 10.2. The van der Waals surface area contributed by atoms with Crippen LogP contribution in [0, 0.1) is 20.8 Å². The lowest BCUT2D eigenvalue weighted by Gasteiger charge is -2.10. The first-order chi connectivity index (χ1) is 11.6. The molecule has 0 spiro atoms. The molecular weight excluding hydrogens is 355 g/mol. The number of amides is 1. The standard InChI is InChI=1S/C16H16F3N3O2S/c1-9-10(2)20-15(21-11(9)3)25-8-14(23)22-12-4-6-13(7-5-12)24-16(17,18)19/h4-7H,8H2,1-3H3,(H,22,23). The first-order valence-electron chi connectivity index (χ1n) is 7.24. The van der Waals surface area contributed by atoms with Gasteiger partial charge in [-0.2, -0.15) is 0 Å². The minimum absolute atomic E-state index is 0.0861. The summed E-state index contributed by atoms with van der Waals surface area (Å²) >= 11 is 1.19. The maximum atomic E-state index is 12.1. The van der Waals surface area contributed by atoms with Gasteiger partial charge < -0.3 is 10.1 Å². The summed E-state index contributed by atoms with van der Waals surface area (Å²) in [6.07, 6.45) is -4.74. The van der Waals surface area contributed by atoms with Gasteiger partial charge in [0.2, 0.25) is 5.91 Å². The lowest BCUT2D eigenvalue weighted by molar-refractivity contribution is -0.274. The Morgan fingerprint density at radius 2 is 1.68 bits per heavy atom. The predicted molar refractivity (Wildman–Crippen MR) is 88.7 cm³/mol. The number of alkyl halides is 3.